The zero-order chi connectivity index (χ0) is 17.3. The first-order valence-electron chi connectivity index (χ1n) is 6.95. The van der Waals surface area contributed by atoms with E-state index in [-0.39, 0.29) is 22.6 Å². The van der Waals surface area contributed by atoms with Gasteiger partial charge in [0.2, 0.25) is 0 Å². The number of hydrogen-bond acceptors (Lipinski definition) is 5. The molecule has 0 fully saturated rings. The summed E-state index contributed by atoms with van der Waals surface area (Å²) < 4.78 is 0. The van der Waals surface area contributed by atoms with Crippen LogP contribution in [0.5, 0.6) is 11.5 Å². The van der Waals surface area contributed by atoms with E-state index in [9.17, 15) is 25.2 Å². The number of phenolic OH excluding ortho intramolecular Hbond substituents is 1. The first kappa shape index (κ1) is 16.8. The van der Waals surface area contributed by atoms with Gasteiger partial charge in [0.15, 0.2) is 6.29 Å². The van der Waals surface area contributed by atoms with Crippen molar-refractivity contribution in [2.45, 2.75) is 26.6 Å². The highest BCUT2D eigenvalue weighted by atomic mass is 16.5. The Bertz CT molecular complexity index is 764. The Labute approximate surface area is 132 Å². The fourth-order valence-electron chi connectivity index (χ4n) is 2.54. The predicted molar refractivity (Wildman–Crippen MR) is 82.6 cm³/mol. The highest BCUT2D eigenvalue weighted by Gasteiger charge is 2.16. The molecule has 0 bridgehead atoms. The number of aryl methyl sites for hydroxylation is 2. The van der Waals surface area contributed by atoms with E-state index in [1.807, 2.05) is 0 Å². The zero-order valence-corrected chi connectivity index (χ0v) is 12.7. The highest BCUT2D eigenvalue weighted by Crippen LogP contribution is 2.30. The average Bonchev–Trinajstić information content (AvgIpc) is 2.45. The number of carboxylic acid groups (broad SMARTS) is 1. The van der Waals surface area contributed by atoms with E-state index in [2.05, 4.69) is 0 Å². The molecular formula is C17H18O6. The first-order chi connectivity index (χ1) is 10.7. The maximum absolute atomic E-state index is 11.2. The Morgan fingerprint density at radius 3 is 2.00 bits per heavy atom. The molecule has 0 aliphatic carbocycles. The molecule has 0 saturated carbocycles. The van der Waals surface area contributed by atoms with Crippen LogP contribution in [0.3, 0.4) is 0 Å². The van der Waals surface area contributed by atoms with Crippen molar-refractivity contribution in [2.24, 2.45) is 0 Å². The summed E-state index contributed by atoms with van der Waals surface area (Å²) in [7, 11) is 0. The second-order valence-corrected chi connectivity index (χ2v) is 5.52. The van der Waals surface area contributed by atoms with Crippen molar-refractivity contribution in [1.29, 1.82) is 0 Å². The Morgan fingerprint density at radius 2 is 1.48 bits per heavy atom. The van der Waals surface area contributed by atoms with Crippen molar-refractivity contribution in [2.75, 3.05) is 0 Å². The van der Waals surface area contributed by atoms with Crippen LogP contribution in [-0.2, 0) is 6.42 Å². The molecule has 0 heterocycles. The molecule has 122 valence electrons. The average molecular weight is 318 g/mol. The third kappa shape index (κ3) is 3.44. The molecule has 0 atom stereocenters. The maximum Gasteiger partial charge on any atom is 0.339 e. The standard InChI is InChI=1S/C17H18O6/c1-8-3-10(6-12(14(8)18)16(20)21)5-11-4-9(2)15(19)13(7-11)17(22)23/h3-4,6-7,16,18-21H,5H2,1-2H3,(H,22,23). The molecule has 0 aromatic heterocycles. The van der Waals surface area contributed by atoms with Crippen molar-refractivity contribution >= 4 is 5.97 Å². The summed E-state index contributed by atoms with van der Waals surface area (Å²) in [5.74, 6) is -1.67. The van der Waals surface area contributed by atoms with Gasteiger partial charge in [-0.1, -0.05) is 12.1 Å². The van der Waals surface area contributed by atoms with Crippen molar-refractivity contribution in [3.8, 4) is 11.5 Å². The van der Waals surface area contributed by atoms with E-state index in [0.29, 0.717) is 28.7 Å². The largest absolute Gasteiger partial charge is 0.507 e. The fraction of sp³-hybridized carbons (Fsp3) is 0.235. The van der Waals surface area contributed by atoms with E-state index in [0.717, 1.165) is 0 Å². The van der Waals surface area contributed by atoms with Crippen molar-refractivity contribution in [3.05, 3.63) is 57.6 Å². The Kier molecular flexibility index (Phi) is 4.58. The van der Waals surface area contributed by atoms with Crippen LogP contribution in [0, 0.1) is 13.8 Å². The summed E-state index contributed by atoms with van der Waals surface area (Å²) in [5.41, 5.74) is 2.08. The minimum absolute atomic E-state index is 0.00559. The third-order valence-electron chi connectivity index (χ3n) is 3.67. The number of aromatic hydroxyl groups is 2. The molecule has 2 rings (SSSR count). The van der Waals surface area contributed by atoms with Crippen LogP contribution in [0.2, 0.25) is 0 Å². The van der Waals surface area contributed by atoms with Crippen molar-refractivity contribution in [3.63, 3.8) is 0 Å². The van der Waals surface area contributed by atoms with Gasteiger partial charge in [-0.25, -0.2) is 4.79 Å². The highest BCUT2D eigenvalue weighted by molar-refractivity contribution is 5.91. The Balaban J connectivity index is 2.46. The molecule has 2 aromatic rings. The number of hydrogen-bond donors (Lipinski definition) is 5. The van der Waals surface area contributed by atoms with E-state index in [1.54, 1.807) is 26.0 Å². The predicted octanol–water partition coefficient (Wildman–Crippen LogP) is 1.99. The molecular weight excluding hydrogens is 300 g/mol. The molecule has 0 spiro atoms. The van der Waals surface area contributed by atoms with Gasteiger partial charge in [-0.05, 0) is 54.7 Å². The number of aliphatic hydroxyl groups excluding tert-OH is 1. The molecule has 6 nitrogen and oxygen atoms in total. The lowest BCUT2D eigenvalue weighted by Crippen LogP contribution is -2.02. The van der Waals surface area contributed by atoms with E-state index < -0.39 is 12.3 Å². The summed E-state index contributed by atoms with van der Waals surface area (Å²) in [6.45, 7) is 3.24. The molecule has 6 heteroatoms. The van der Waals surface area contributed by atoms with Gasteiger partial charge in [0, 0.05) is 5.56 Å². The quantitative estimate of drug-likeness (QED) is 0.550. The summed E-state index contributed by atoms with van der Waals surface area (Å²) in [6, 6.07) is 6.18. The maximum atomic E-state index is 11.2. The number of carboxylic acids is 1. The monoisotopic (exact) mass is 318 g/mol. The minimum Gasteiger partial charge on any atom is -0.507 e. The van der Waals surface area contributed by atoms with Gasteiger partial charge in [-0.15, -0.1) is 0 Å². The number of rotatable bonds is 4. The van der Waals surface area contributed by atoms with E-state index in [4.69, 9.17) is 5.11 Å². The smallest absolute Gasteiger partial charge is 0.339 e. The molecule has 2 aromatic carbocycles. The normalized spacial score (nSPS) is 11.0. The van der Waals surface area contributed by atoms with Crippen molar-refractivity contribution in [1.82, 2.24) is 0 Å². The summed E-state index contributed by atoms with van der Waals surface area (Å²) >= 11 is 0. The van der Waals surface area contributed by atoms with Gasteiger partial charge in [-0.2, -0.15) is 0 Å². The second-order valence-electron chi connectivity index (χ2n) is 5.52. The van der Waals surface area contributed by atoms with Crippen molar-refractivity contribution < 1.29 is 30.3 Å². The van der Waals surface area contributed by atoms with Crippen LogP contribution < -0.4 is 0 Å². The molecule has 0 aliphatic rings. The number of benzene rings is 2. The second kappa shape index (κ2) is 6.28. The first-order valence-corrected chi connectivity index (χ1v) is 6.95. The summed E-state index contributed by atoms with van der Waals surface area (Å²) in [6.07, 6.45) is -1.48. The topological polar surface area (TPSA) is 118 Å². The molecule has 0 aliphatic heterocycles. The van der Waals surface area contributed by atoms with Gasteiger partial charge in [0.05, 0.1) is 0 Å². The van der Waals surface area contributed by atoms with Crippen LogP contribution in [0.4, 0.5) is 0 Å². The number of aromatic carboxylic acids is 1. The fourth-order valence-corrected chi connectivity index (χ4v) is 2.54. The van der Waals surface area contributed by atoms with E-state index >= 15 is 0 Å². The van der Waals surface area contributed by atoms with Crippen LogP contribution in [-0.4, -0.2) is 31.5 Å². The van der Waals surface area contributed by atoms with E-state index in [1.165, 1.54) is 12.1 Å². The van der Waals surface area contributed by atoms with Crippen LogP contribution >= 0.6 is 0 Å². The zero-order valence-electron chi connectivity index (χ0n) is 12.7. The van der Waals surface area contributed by atoms with Gasteiger partial charge in [0.1, 0.15) is 17.1 Å². The Morgan fingerprint density at radius 1 is 0.957 bits per heavy atom. The van der Waals surface area contributed by atoms with Gasteiger partial charge in [0.25, 0.3) is 0 Å². The lowest BCUT2D eigenvalue weighted by molar-refractivity contribution is -0.0439. The number of aliphatic hydroxyl groups is 2. The lowest BCUT2D eigenvalue weighted by atomic mass is 9.96. The molecule has 0 amide bonds. The minimum atomic E-state index is -1.80. The molecule has 23 heavy (non-hydrogen) atoms. The summed E-state index contributed by atoms with van der Waals surface area (Å²) in [4.78, 5) is 11.2. The molecule has 0 radical (unpaired) electrons. The number of phenols is 2. The lowest BCUT2D eigenvalue weighted by Gasteiger charge is -2.13. The molecule has 0 saturated heterocycles. The number of carbonyl (C=O) groups is 1. The molecule has 0 unspecified atom stereocenters. The van der Waals surface area contributed by atoms with Crippen LogP contribution in [0.25, 0.3) is 0 Å². The Hall–Kier alpha value is -2.57. The van der Waals surface area contributed by atoms with Crippen LogP contribution in [0.15, 0.2) is 24.3 Å². The summed E-state index contributed by atoms with van der Waals surface area (Å²) in [5, 5.41) is 47.3. The third-order valence-corrected chi connectivity index (χ3v) is 3.67. The SMILES string of the molecule is Cc1cc(Cc2cc(C)c(O)c(C(O)O)c2)cc(C(=O)O)c1O. The van der Waals surface area contributed by atoms with Gasteiger partial charge < -0.3 is 25.5 Å². The molecule has 5 N–H and O–H groups in total. The van der Waals surface area contributed by atoms with Gasteiger partial charge in [-0.3, -0.25) is 0 Å². The van der Waals surface area contributed by atoms with Crippen LogP contribution in [0.1, 0.15) is 44.5 Å². The van der Waals surface area contributed by atoms with Gasteiger partial charge >= 0.3 is 5.97 Å².